The van der Waals surface area contributed by atoms with Gasteiger partial charge < -0.3 is 9.84 Å². The molecule has 0 spiro atoms. The molecule has 0 amide bonds. The zero-order valence-electron chi connectivity index (χ0n) is 13.4. The monoisotopic (exact) mass is 282 g/mol. The summed E-state index contributed by atoms with van der Waals surface area (Å²) in [5.74, 6) is 0.146. The van der Waals surface area contributed by atoms with Crippen molar-refractivity contribution in [2.45, 2.75) is 84.3 Å². The summed E-state index contributed by atoms with van der Waals surface area (Å²) in [5.41, 5.74) is -0.0457. The van der Waals surface area contributed by atoms with Crippen LogP contribution in [0.15, 0.2) is 11.6 Å². The van der Waals surface area contributed by atoms with Crippen molar-refractivity contribution in [2.75, 3.05) is 0 Å². The van der Waals surface area contributed by atoms with Crippen molar-refractivity contribution in [1.82, 2.24) is 0 Å². The minimum absolute atomic E-state index is 0.235. The molecule has 20 heavy (non-hydrogen) atoms. The van der Waals surface area contributed by atoms with Gasteiger partial charge in [-0.05, 0) is 25.2 Å². The molecule has 0 aliphatic carbocycles. The van der Waals surface area contributed by atoms with E-state index in [2.05, 4.69) is 27.7 Å². The highest BCUT2D eigenvalue weighted by atomic mass is 16.5. The van der Waals surface area contributed by atoms with Crippen LogP contribution in [0.4, 0.5) is 0 Å². The van der Waals surface area contributed by atoms with Gasteiger partial charge in [-0.25, -0.2) is 4.79 Å². The largest absolute Gasteiger partial charge is 0.455 e. The van der Waals surface area contributed by atoms with Gasteiger partial charge in [0.05, 0.1) is 5.60 Å². The fourth-order valence-electron chi connectivity index (χ4n) is 2.85. The van der Waals surface area contributed by atoms with Gasteiger partial charge in [-0.2, -0.15) is 0 Å². The molecule has 0 fully saturated rings. The Morgan fingerprint density at radius 3 is 2.25 bits per heavy atom. The highest BCUT2D eigenvalue weighted by Crippen LogP contribution is 2.37. The number of unbranched alkanes of at least 4 members (excludes halogenated alkanes) is 2. The molecule has 1 aliphatic heterocycles. The van der Waals surface area contributed by atoms with Crippen molar-refractivity contribution in [1.29, 1.82) is 0 Å². The number of ether oxygens (including phenoxy) is 1. The van der Waals surface area contributed by atoms with Gasteiger partial charge in [0, 0.05) is 11.6 Å². The zero-order chi connectivity index (χ0) is 15.2. The Bertz CT molecular complexity index is 336. The summed E-state index contributed by atoms with van der Waals surface area (Å²) in [6.07, 6.45) is 7.58. The molecule has 3 heteroatoms. The van der Waals surface area contributed by atoms with Crippen LogP contribution >= 0.6 is 0 Å². The lowest BCUT2D eigenvalue weighted by molar-refractivity contribution is -0.139. The highest BCUT2D eigenvalue weighted by molar-refractivity contribution is 5.86. The number of carbonyl (C=O) groups excluding carboxylic acids is 1. The second kappa shape index (κ2) is 7.82. The van der Waals surface area contributed by atoms with E-state index in [-0.39, 0.29) is 12.1 Å². The molecule has 1 aliphatic rings. The molecule has 0 aromatic carbocycles. The first-order valence-corrected chi connectivity index (χ1v) is 8.08. The number of hydrogen-bond acceptors (Lipinski definition) is 3. The Morgan fingerprint density at radius 2 is 1.80 bits per heavy atom. The zero-order valence-corrected chi connectivity index (χ0v) is 13.4. The van der Waals surface area contributed by atoms with Gasteiger partial charge in [0.15, 0.2) is 0 Å². The first-order chi connectivity index (χ1) is 9.42. The lowest BCUT2D eigenvalue weighted by Gasteiger charge is -2.33. The molecule has 3 nitrogen and oxygen atoms in total. The first-order valence-electron chi connectivity index (χ1n) is 8.08. The Kier molecular flexibility index (Phi) is 6.74. The van der Waals surface area contributed by atoms with Gasteiger partial charge in [0.25, 0.3) is 0 Å². The Morgan fingerprint density at radius 1 is 1.25 bits per heavy atom. The minimum Gasteiger partial charge on any atom is -0.455 e. The molecule has 0 aromatic heterocycles. The van der Waals surface area contributed by atoms with Gasteiger partial charge in [-0.15, -0.1) is 0 Å². The first kappa shape index (κ1) is 17.2. The molecule has 116 valence electrons. The third-order valence-electron chi connectivity index (χ3n) is 3.99. The predicted octanol–water partition coefficient (Wildman–Crippen LogP) is 4.00. The van der Waals surface area contributed by atoms with E-state index >= 15 is 0 Å². The fraction of sp³-hybridized carbons (Fsp3) is 0.824. The number of aliphatic hydroxyl groups is 1. The molecule has 0 radical (unpaired) electrons. The number of rotatable bonds is 9. The molecular weight excluding hydrogens is 252 g/mol. The topological polar surface area (TPSA) is 46.5 Å². The molecule has 0 bridgehead atoms. The van der Waals surface area contributed by atoms with E-state index in [0.717, 1.165) is 50.5 Å². The smallest absolute Gasteiger partial charge is 0.331 e. The van der Waals surface area contributed by atoms with E-state index in [0.29, 0.717) is 5.92 Å². The molecule has 1 N–H and O–H groups in total. The molecule has 0 saturated heterocycles. The van der Waals surface area contributed by atoms with Crippen LogP contribution in [0.1, 0.15) is 72.6 Å². The van der Waals surface area contributed by atoms with E-state index in [1.165, 1.54) is 0 Å². The maximum atomic E-state index is 11.6. The van der Waals surface area contributed by atoms with Gasteiger partial charge in [0.1, 0.15) is 6.10 Å². The summed E-state index contributed by atoms with van der Waals surface area (Å²) in [6, 6.07) is 0. The Hall–Kier alpha value is -0.830. The molecular formula is C17H30O3. The van der Waals surface area contributed by atoms with Gasteiger partial charge in [-0.3, -0.25) is 0 Å². The van der Waals surface area contributed by atoms with Crippen LogP contribution in [-0.4, -0.2) is 22.8 Å². The third kappa shape index (κ3) is 4.62. The number of cyclic esters (lactones) is 1. The van der Waals surface area contributed by atoms with Crippen LogP contribution in [0.3, 0.4) is 0 Å². The van der Waals surface area contributed by atoms with Crippen molar-refractivity contribution in [3.05, 3.63) is 11.6 Å². The summed E-state index contributed by atoms with van der Waals surface area (Å²) < 4.78 is 5.40. The molecule has 1 atom stereocenters. The molecule has 1 heterocycles. The molecule has 0 saturated carbocycles. The van der Waals surface area contributed by atoms with Crippen LogP contribution in [0.2, 0.25) is 0 Å². The fourth-order valence-corrected chi connectivity index (χ4v) is 2.85. The van der Waals surface area contributed by atoms with E-state index in [9.17, 15) is 9.90 Å². The normalized spacial score (nSPS) is 19.4. The Balaban J connectivity index is 2.90. The second-order valence-electron chi connectivity index (χ2n) is 6.39. The van der Waals surface area contributed by atoms with Crippen LogP contribution in [0.25, 0.3) is 0 Å². The van der Waals surface area contributed by atoms with Crippen LogP contribution in [-0.2, 0) is 9.53 Å². The van der Waals surface area contributed by atoms with Crippen LogP contribution < -0.4 is 0 Å². The average Bonchev–Trinajstić information content (AvgIpc) is 2.74. The maximum Gasteiger partial charge on any atom is 0.331 e. The summed E-state index contributed by atoms with van der Waals surface area (Å²) in [5, 5.41) is 11.1. The Labute approximate surface area is 123 Å². The molecule has 0 aromatic rings. The van der Waals surface area contributed by atoms with Crippen LogP contribution in [0, 0.1) is 5.92 Å². The van der Waals surface area contributed by atoms with E-state index in [1.54, 1.807) is 6.08 Å². The van der Waals surface area contributed by atoms with Crippen molar-refractivity contribution < 1.29 is 14.6 Å². The van der Waals surface area contributed by atoms with Gasteiger partial charge in [0.2, 0.25) is 0 Å². The maximum absolute atomic E-state index is 11.6. The molecule has 1 rings (SSSR count). The standard InChI is InChI=1S/C17H30O3/c1-5-7-9-17(19,10-8-6-2)14-12-16(18)20-15(14)11-13(3)4/h12-13,15,19H,5-11H2,1-4H3. The van der Waals surface area contributed by atoms with E-state index < -0.39 is 5.60 Å². The van der Waals surface area contributed by atoms with Crippen molar-refractivity contribution in [2.24, 2.45) is 5.92 Å². The summed E-state index contributed by atoms with van der Waals surface area (Å²) in [7, 11) is 0. The van der Waals surface area contributed by atoms with Crippen molar-refractivity contribution >= 4 is 5.97 Å². The van der Waals surface area contributed by atoms with Gasteiger partial charge >= 0.3 is 5.97 Å². The summed E-state index contributed by atoms with van der Waals surface area (Å²) in [6.45, 7) is 8.47. The number of hydrogen-bond donors (Lipinski definition) is 1. The van der Waals surface area contributed by atoms with Crippen molar-refractivity contribution in [3.8, 4) is 0 Å². The summed E-state index contributed by atoms with van der Waals surface area (Å²) >= 11 is 0. The van der Waals surface area contributed by atoms with E-state index in [4.69, 9.17) is 4.74 Å². The lowest BCUT2D eigenvalue weighted by atomic mass is 9.80. The van der Waals surface area contributed by atoms with Crippen molar-refractivity contribution in [3.63, 3.8) is 0 Å². The minimum atomic E-state index is -0.863. The highest BCUT2D eigenvalue weighted by Gasteiger charge is 2.40. The predicted molar refractivity (Wildman–Crippen MR) is 81.4 cm³/mol. The van der Waals surface area contributed by atoms with Gasteiger partial charge in [-0.1, -0.05) is 53.4 Å². The lowest BCUT2D eigenvalue weighted by Crippen LogP contribution is -2.36. The van der Waals surface area contributed by atoms with E-state index in [1.807, 2.05) is 0 Å². The number of esters is 1. The molecule has 1 unspecified atom stereocenters. The average molecular weight is 282 g/mol. The quantitative estimate of drug-likeness (QED) is 0.650. The third-order valence-corrected chi connectivity index (χ3v) is 3.99. The number of carbonyl (C=O) groups is 1. The second-order valence-corrected chi connectivity index (χ2v) is 6.39. The summed E-state index contributed by atoms with van der Waals surface area (Å²) in [4.78, 5) is 11.6. The SMILES string of the molecule is CCCCC(O)(CCCC)C1=CC(=O)OC1CC(C)C. The van der Waals surface area contributed by atoms with Crippen LogP contribution in [0.5, 0.6) is 0 Å².